The molecular weight excluding hydrogens is 597 g/mol. The average Bonchev–Trinajstić information content (AvgIpc) is 3.67. The summed E-state index contributed by atoms with van der Waals surface area (Å²) in [5.74, 6) is -1.14. The predicted molar refractivity (Wildman–Crippen MR) is 164 cm³/mol. The van der Waals surface area contributed by atoms with Crippen LogP contribution in [0.3, 0.4) is 0 Å². The van der Waals surface area contributed by atoms with Crippen LogP contribution in [0.2, 0.25) is 0 Å². The van der Waals surface area contributed by atoms with E-state index in [1.165, 1.54) is 24.4 Å². The molecule has 8 rings (SSSR count). The van der Waals surface area contributed by atoms with Gasteiger partial charge in [0.05, 0.1) is 35.1 Å². The van der Waals surface area contributed by atoms with Crippen LogP contribution < -0.4 is 9.64 Å². The number of phenols is 1. The van der Waals surface area contributed by atoms with Crippen LogP contribution in [-0.2, 0) is 11.2 Å². The summed E-state index contributed by atoms with van der Waals surface area (Å²) < 4.78 is 58.5. The number of ether oxygens (including phenoxy) is 2. The Bertz CT molecular complexity index is 1920. The second-order valence-corrected chi connectivity index (χ2v) is 13.0. The number of hydrogen-bond acceptors (Lipinski definition) is 9. The fraction of sp³-hybridized carbons (Fsp3) is 0.471. The van der Waals surface area contributed by atoms with Crippen LogP contribution >= 0.6 is 0 Å². The lowest BCUT2D eigenvalue weighted by molar-refractivity contribution is 0.0247. The number of nitrogens with zero attached hydrogens (tertiary/aromatic N) is 6. The van der Waals surface area contributed by atoms with Gasteiger partial charge in [-0.15, -0.1) is 0 Å². The van der Waals surface area contributed by atoms with E-state index < -0.39 is 23.3 Å². The number of hydrogen-bond donors (Lipinski definition) is 1. The number of phenolic OH excluding ortho intramolecular Hbond substituents is 1. The maximum Gasteiger partial charge on any atom is 0.319 e. The van der Waals surface area contributed by atoms with Crippen molar-refractivity contribution < 1.29 is 27.8 Å². The molecule has 12 heteroatoms. The van der Waals surface area contributed by atoms with E-state index >= 15 is 4.39 Å². The minimum atomic E-state index is -0.935. The number of nitriles is 1. The minimum absolute atomic E-state index is 0.0396. The molecule has 0 saturated carbocycles. The fourth-order valence-electron chi connectivity index (χ4n) is 8.16. The molecule has 3 unspecified atom stereocenters. The largest absolute Gasteiger partial charge is 0.508 e. The highest BCUT2D eigenvalue weighted by molar-refractivity contribution is 6.01. The molecule has 4 saturated heterocycles. The van der Waals surface area contributed by atoms with Gasteiger partial charge in [0.2, 0.25) is 0 Å². The lowest BCUT2D eigenvalue weighted by atomic mass is 9.94. The van der Waals surface area contributed by atoms with Gasteiger partial charge in [0.1, 0.15) is 41.4 Å². The lowest BCUT2D eigenvalue weighted by Crippen LogP contribution is -2.44. The third-order valence-corrected chi connectivity index (χ3v) is 10.3. The fourth-order valence-corrected chi connectivity index (χ4v) is 8.16. The predicted octanol–water partition coefficient (Wildman–Crippen LogP) is 5.46. The molecule has 9 nitrogen and oxygen atoms in total. The summed E-state index contributed by atoms with van der Waals surface area (Å²) in [7, 11) is 0. The van der Waals surface area contributed by atoms with Crippen molar-refractivity contribution in [3.63, 3.8) is 0 Å². The molecule has 1 N–H and O–H groups in total. The number of anilines is 1. The molecule has 46 heavy (non-hydrogen) atoms. The Morgan fingerprint density at radius 1 is 1.20 bits per heavy atom. The maximum absolute atomic E-state index is 16.8. The smallest absolute Gasteiger partial charge is 0.319 e. The Kier molecular flexibility index (Phi) is 6.95. The Labute approximate surface area is 263 Å². The van der Waals surface area contributed by atoms with Gasteiger partial charge in [0.15, 0.2) is 5.82 Å². The molecule has 2 bridgehead atoms. The van der Waals surface area contributed by atoms with E-state index in [-0.39, 0.29) is 53.3 Å². The zero-order valence-electron chi connectivity index (χ0n) is 25.3. The zero-order chi connectivity index (χ0) is 31.7. The van der Waals surface area contributed by atoms with Crippen molar-refractivity contribution in [1.29, 1.82) is 5.26 Å². The topological polar surface area (TPSA) is 108 Å². The van der Waals surface area contributed by atoms with E-state index in [1.54, 1.807) is 6.07 Å². The summed E-state index contributed by atoms with van der Waals surface area (Å²) in [6.45, 7) is 3.97. The summed E-state index contributed by atoms with van der Waals surface area (Å²) in [4.78, 5) is 17.9. The molecular formula is C34H33F3N6O3. The SMILES string of the molecule is CCc1c(F)ccc2cc(O)cc(-c3ncc4c(N5CC6CC(C#N)C(C5)O6)nc(OC[C@@]56CCCN5C[C@H](F)C6)nc4c3F)c12. The number of benzene rings is 2. The van der Waals surface area contributed by atoms with Gasteiger partial charge >= 0.3 is 6.01 Å². The zero-order valence-corrected chi connectivity index (χ0v) is 25.3. The maximum atomic E-state index is 16.8. The molecule has 0 radical (unpaired) electrons. The normalized spacial score (nSPS) is 27.4. The van der Waals surface area contributed by atoms with E-state index in [1.807, 2.05) is 11.8 Å². The number of rotatable bonds is 6. The van der Waals surface area contributed by atoms with E-state index in [4.69, 9.17) is 14.5 Å². The number of morpholine rings is 1. The van der Waals surface area contributed by atoms with E-state index in [0.29, 0.717) is 66.4 Å². The van der Waals surface area contributed by atoms with Gasteiger partial charge in [-0.05, 0) is 66.8 Å². The van der Waals surface area contributed by atoms with Crippen LogP contribution in [0.4, 0.5) is 19.0 Å². The van der Waals surface area contributed by atoms with Gasteiger partial charge in [0.25, 0.3) is 0 Å². The number of alkyl halides is 1. The summed E-state index contributed by atoms with van der Waals surface area (Å²) in [5.41, 5.74) is 0.0453. The van der Waals surface area contributed by atoms with Crippen LogP contribution in [0.5, 0.6) is 11.8 Å². The average molecular weight is 631 g/mol. The number of aryl methyl sites for hydroxylation is 1. The van der Waals surface area contributed by atoms with E-state index in [9.17, 15) is 19.1 Å². The Morgan fingerprint density at radius 3 is 2.89 bits per heavy atom. The Morgan fingerprint density at radius 2 is 2.07 bits per heavy atom. The first-order valence-electron chi connectivity index (χ1n) is 15.9. The second kappa shape index (κ2) is 11.0. The molecule has 4 aromatic rings. The second-order valence-electron chi connectivity index (χ2n) is 13.0. The first-order chi connectivity index (χ1) is 22.3. The quantitative estimate of drug-likeness (QED) is 0.297. The highest BCUT2D eigenvalue weighted by Crippen LogP contribution is 2.42. The van der Waals surface area contributed by atoms with Crippen molar-refractivity contribution in [3.8, 4) is 29.1 Å². The van der Waals surface area contributed by atoms with Gasteiger partial charge in [0, 0.05) is 37.8 Å². The number of pyridine rings is 1. The van der Waals surface area contributed by atoms with Crippen molar-refractivity contribution in [2.24, 2.45) is 5.92 Å². The molecule has 0 spiro atoms. The van der Waals surface area contributed by atoms with Crippen LogP contribution in [0, 0.1) is 28.9 Å². The van der Waals surface area contributed by atoms with Gasteiger partial charge in [-0.1, -0.05) is 13.0 Å². The van der Waals surface area contributed by atoms with E-state index in [0.717, 1.165) is 19.4 Å². The number of halogens is 3. The molecule has 0 aliphatic carbocycles. The number of aromatic hydroxyl groups is 1. The minimum Gasteiger partial charge on any atom is -0.508 e. The van der Waals surface area contributed by atoms with Gasteiger partial charge in [-0.3, -0.25) is 9.88 Å². The van der Waals surface area contributed by atoms with Gasteiger partial charge < -0.3 is 19.5 Å². The Hall–Kier alpha value is -4.21. The first kappa shape index (κ1) is 29.2. The third kappa shape index (κ3) is 4.62. The summed E-state index contributed by atoms with van der Waals surface area (Å²) in [6.07, 6.45) is 3.11. The molecule has 2 aromatic heterocycles. The standard InChI is InChI=1S/C34H33F3N6O3/c1-2-23-26(36)5-4-18-8-21(44)10-24(28(18)23)30-29(37)31-25(13-39-30)32(42-15-22-9-19(12-38)27(16-42)46-22)41-33(40-31)45-17-34-6-3-7-43(34)14-20(35)11-34/h4-5,8,10,13,19-20,22,27,44H,2-3,6-7,9,11,14-17H2,1H3/t19?,20-,22?,27?,34+/m1/s1. The van der Waals surface area contributed by atoms with Crippen molar-refractivity contribution in [2.45, 2.75) is 62.9 Å². The van der Waals surface area contributed by atoms with Gasteiger partial charge in [-0.25, -0.2) is 13.2 Å². The van der Waals surface area contributed by atoms with Crippen LogP contribution in [0.25, 0.3) is 32.9 Å². The Balaban J connectivity index is 1.27. The van der Waals surface area contributed by atoms with Crippen LogP contribution in [0.1, 0.15) is 38.2 Å². The molecule has 238 valence electrons. The monoisotopic (exact) mass is 630 g/mol. The molecule has 4 aliphatic rings. The van der Waals surface area contributed by atoms with Crippen molar-refractivity contribution in [1.82, 2.24) is 19.9 Å². The first-order valence-corrected chi connectivity index (χ1v) is 15.9. The van der Waals surface area contributed by atoms with E-state index in [2.05, 4.69) is 20.9 Å². The summed E-state index contributed by atoms with van der Waals surface area (Å²) in [6, 6.07) is 8.09. The molecule has 2 aromatic carbocycles. The van der Waals surface area contributed by atoms with Crippen molar-refractivity contribution in [2.75, 3.05) is 37.7 Å². The molecule has 6 heterocycles. The molecule has 0 amide bonds. The van der Waals surface area contributed by atoms with Gasteiger partial charge in [-0.2, -0.15) is 15.2 Å². The number of aromatic nitrogens is 3. The summed E-state index contributed by atoms with van der Waals surface area (Å²) in [5, 5.41) is 21.6. The van der Waals surface area contributed by atoms with Crippen LogP contribution in [-0.4, -0.2) is 81.7 Å². The lowest BCUT2D eigenvalue weighted by Gasteiger charge is -2.34. The van der Waals surface area contributed by atoms with Crippen molar-refractivity contribution >= 4 is 27.5 Å². The molecule has 4 aliphatic heterocycles. The highest BCUT2D eigenvalue weighted by atomic mass is 19.1. The molecule has 5 atom stereocenters. The molecule has 4 fully saturated rings. The number of fused-ring (bicyclic) bond motifs is 5. The van der Waals surface area contributed by atoms with Crippen LogP contribution in [0.15, 0.2) is 30.5 Å². The highest BCUT2D eigenvalue weighted by Gasteiger charge is 2.49. The summed E-state index contributed by atoms with van der Waals surface area (Å²) >= 11 is 0. The van der Waals surface area contributed by atoms with Crippen molar-refractivity contribution in [3.05, 3.63) is 47.7 Å². The third-order valence-electron chi connectivity index (χ3n) is 10.3.